The molecule has 8 rings (SSSR count). The monoisotopic (exact) mass is 541 g/mol. The molecule has 4 unspecified atom stereocenters. The normalized spacial score (nSPS) is 34.8. The van der Waals surface area contributed by atoms with Crippen molar-refractivity contribution in [2.45, 2.75) is 82.8 Å². The number of imidazole rings is 1. The van der Waals surface area contributed by atoms with E-state index >= 15 is 4.39 Å². The zero-order valence-electron chi connectivity index (χ0n) is 22.1. The van der Waals surface area contributed by atoms with Crippen LogP contribution in [-0.4, -0.2) is 41.5 Å². The summed E-state index contributed by atoms with van der Waals surface area (Å²) in [6.45, 7) is 0.545. The van der Waals surface area contributed by atoms with Gasteiger partial charge in [-0.3, -0.25) is 0 Å². The summed E-state index contributed by atoms with van der Waals surface area (Å²) < 4.78 is 45.9. The molecular formula is C30H40FN3O3S. The summed E-state index contributed by atoms with van der Waals surface area (Å²) in [6, 6.07) is 4.97. The van der Waals surface area contributed by atoms with Gasteiger partial charge in [-0.05, 0) is 92.4 Å². The molecule has 6 aliphatic rings. The maximum atomic E-state index is 15.0. The molecule has 2 aromatic rings. The van der Waals surface area contributed by atoms with E-state index in [1.807, 2.05) is 10.6 Å². The molecule has 4 atom stereocenters. The van der Waals surface area contributed by atoms with Crippen LogP contribution in [0, 0.1) is 40.8 Å². The average molecular weight is 542 g/mol. The summed E-state index contributed by atoms with van der Waals surface area (Å²) in [5.41, 5.74) is 2.33. The Labute approximate surface area is 225 Å². The van der Waals surface area contributed by atoms with Crippen molar-refractivity contribution in [3.63, 3.8) is 0 Å². The lowest BCUT2D eigenvalue weighted by molar-refractivity contribution is -0.148. The summed E-state index contributed by atoms with van der Waals surface area (Å²) in [4.78, 5) is 4.31. The Hall–Kier alpha value is -1.77. The summed E-state index contributed by atoms with van der Waals surface area (Å²) in [7, 11) is -3.26. The van der Waals surface area contributed by atoms with Gasteiger partial charge in [0, 0.05) is 17.7 Å². The van der Waals surface area contributed by atoms with E-state index in [1.54, 1.807) is 18.6 Å². The molecule has 0 amide bonds. The van der Waals surface area contributed by atoms with Crippen molar-refractivity contribution in [2.75, 3.05) is 12.3 Å². The summed E-state index contributed by atoms with van der Waals surface area (Å²) in [6.07, 6.45) is 14.3. The zero-order chi connectivity index (χ0) is 26.1. The molecule has 0 radical (unpaired) electrons. The van der Waals surface area contributed by atoms with Crippen LogP contribution in [0.3, 0.4) is 0 Å². The second-order valence-corrected chi connectivity index (χ2v) is 15.1. The summed E-state index contributed by atoms with van der Waals surface area (Å²) in [5, 5.41) is 11.8. The molecule has 2 heterocycles. The van der Waals surface area contributed by atoms with Gasteiger partial charge in [-0.15, -0.1) is 0 Å². The highest BCUT2D eigenvalue weighted by atomic mass is 32.2. The third-order valence-electron chi connectivity index (χ3n) is 11.1. The molecular weight excluding hydrogens is 501 g/mol. The van der Waals surface area contributed by atoms with Crippen LogP contribution in [0.2, 0.25) is 0 Å². The van der Waals surface area contributed by atoms with Crippen LogP contribution in [-0.2, 0) is 10.0 Å². The lowest BCUT2D eigenvalue weighted by Crippen LogP contribution is -2.57. The van der Waals surface area contributed by atoms with Crippen LogP contribution >= 0.6 is 0 Å². The highest BCUT2D eigenvalue weighted by Gasteiger charge is 2.58. The number of aliphatic hydroxyl groups is 1. The molecule has 0 spiro atoms. The molecule has 38 heavy (non-hydrogen) atoms. The minimum atomic E-state index is -3.26. The van der Waals surface area contributed by atoms with E-state index in [9.17, 15) is 13.5 Å². The Balaban J connectivity index is 1.05. The van der Waals surface area contributed by atoms with E-state index in [4.69, 9.17) is 0 Å². The van der Waals surface area contributed by atoms with Gasteiger partial charge in [-0.1, -0.05) is 31.4 Å². The number of hydrogen-bond donors (Lipinski definition) is 2. The summed E-state index contributed by atoms with van der Waals surface area (Å²) in [5.74, 6) is 2.23. The fraction of sp³-hybridized carbons (Fsp3) is 0.700. The van der Waals surface area contributed by atoms with Gasteiger partial charge in [0.05, 0.1) is 36.1 Å². The molecule has 6 nitrogen and oxygen atoms in total. The minimum absolute atomic E-state index is 0.150. The maximum absolute atomic E-state index is 15.0. The summed E-state index contributed by atoms with van der Waals surface area (Å²) >= 11 is 0. The van der Waals surface area contributed by atoms with Crippen LogP contribution in [0.15, 0.2) is 30.7 Å². The van der Waals surface area contributed by atoms with E-state index in [-0.39, 0.29) is 23.0 Å². The smallest absolute Gasteiger partial charge is 0.211 e. The number of halogens is 1. The quantitative estimate of drug-likeness (QED) is 0.476. The number of hydrogen-bond acceptors (Lipinski definition) is 4. The Kier molecular flexibility index (Phi) is 6.24. The fourth-order valence-electron chi connectivity index (χ4n) is 9.57. The first-order valence-electron chi connectivity index (χ1n) is 14.8. The van der Waals surface area contributed by atoms with Crippen molar-refractivity contribution in [2.24, 2.45) is 35.0 Å². The van der Waals surface area contributed by atoms with Gasteiger partial charge in [0.25, 0.3) is 0 Å². The van der Waals surface area contributed by atoms with Crippen LogP contribution < -0.4 is 4.72 Å². The van der Waals surface area contributed by atoms with Gasteiger partial charge in [-0.2, -0.15) is 0 Å². The average Bonchev–Trinajstić information content (AvgIpc) is 3.47. The first kappa shape index (κ1) is 25.2. The highest BCUT2D eigenvalue weighted by molar-refractivity contribution is 7.89. The van der Waals surface area contributed by atoms with Gasteiger partial charge < -0.3 is 9.67 Å². The van der Waals surface area contributed by atoms with Gasteiger partial charge in [0.2, 0.25) is 10.0 Å². The number of rotatable bonds is 8. The van der Waals surface area contributed by atoms with E-state index in [1.165, 1.54) is 12.5 Å². The lowest BCUT2D eigenvalue weighted by atomic mass is 9.44. The van der Waals surface area contributed by atoms with E-state index in [0.29, 0.717) is 48.1 Å². The molecule has 1 aliphatic heterocycles. The number of aliphatic hydroxyl groups excluding tert-OH is 1. The molecule has 2 N–H and O–H groups in total. The van der Waals surface area contributed by atoms with Crippen molar-refractivity contribution < 1.29 is 17.9 Å². The molecule has 8 heteroatoms. The van der Waals surface area contributed by atoms with Gasteiger partial charge >= 0.3 is 0 Å². The third-order valence-corrected chi connectivity index (χ3v) is 12.6. The lowest BCUT2D eigenvalue weighted by Gasteiger charge is -2.61. The van der Waals surface area contributed by atoms with Crippen molar-refractivity contribution in [3.05, 3.63) is 42.1 Å². The number of fused-ring (bicyclic) bond motifs is 3. The van der Waals surface area contributed by atoms with Gasteiger partial charge in [0.15, 0.2) is 0 Å². The number of aromatic nitrogens is 2. The molecule has 5 fully saturated rings. The Morgan fingerprint density at radius 1 is 1.13 bits per heavy atom. The Morgan fingerprint density at radius 3 is 2.66 bits per heavy atom. The van der Waals surface area contributed by atoms with Crippen LogP contribution in [0.25, 0.3) is 11.3 Å². The second-order valence-electron chi connectivity index (χ2n) is 13.3. The molecule has 0 saturated heterocycles. The van der Waals surface area contributed by atoms with Crippen LogP contribution in [0.5, 0.6) is 0 Å². The Morgan fingerprint density at radius 2 is 1.89 bits per heavy atom. The number of sulfonamides is 1. The molecule has 4 bridgehead atoms. The van der Waals surface area contributed by atoms with Gasteiger partial charge in [0.1, 0.15) is 5.82 Å². The van der Waals surface area contributed by atoms with E-state index in [0.717, 1.165) is 69.0 Å². The third kappa shape index (κ3) is 4.26. The van der Waals surface area contributed by atoms with E-state index in [2.05, 4.69) is 9.71 Å². The maximum Gasteiger partial charge on any atom is 0.211 e. The molecule has 1 aromatic heterocycles. The SMILES string of the molecule is O=S(=O)(CC1CCCCC1)NCC1C2CC3CC1CC(C(O)CC1c4c(F)cccc4-c4cncn41)(C3)C2. The predicted molar refractivity (Wildman–Crippen MR) is 144 cm³/mol. The molecule has 206 valence electrons. The van der Waals surface area contributed by atoms with E-state index < -0.39 is 16.1 Å². The molecule has 5 saturated carbocycles. The van der Waals surface area contributed by atoms with Crippen LogP contribution in [0.4, 0.5) is 4.39 Å². The fourth-order valence-corrected chi connectivity index (χ4v) is 11.1. The van der Waals surface area contributed by atoms with Crippen molar-refractivity contribution >= 4 is 10.0 Å². The molecule has 5 aliphatic carbocycles. The second kappa shape index (κ2) is 9.41. The van der Waals surface area contributed by atoms with Crippen LogP contribution in [0.1, 0.15) is 82.2 Å². The first-order chi connectivity index (χ1) is 18.3. The number of benzene rings is 1. The number of nitrogens with zero attached hydrogens (tertiary/aromatic N) is 2. The largest absolute Gasteiger partial charge is 0.392 e. The highest BCUT2D eigenvalue weighted by Crippen LogP contribution is 2.64. The first-order valence-corrected chi connectivity index (χ1v) is 16.4. The van der Waals surface area contributed by atoms with Gasteiger partial charge in [-0.25, -0.2) is 22.5 Å². The molecule has 1 aromatic carbocycles. The standard InChI is InChI=1S/C30H40FN3O3S/c31-25-8-4-7-23-27-16-32-18-34(27)26(29(23)25)11-28(35)30-12-20-9-21(13-30)24(22(10-20)14-30)15-33-38(36,37)17-19-5-2-1-3-6-19/h4,7-8,16,18-22,24,26,28,33,35H,1-3,5-6,9-15,17H2. The minimum Gasteiger partial charge on any atom is -0.392 e. The topological polar surface area (TPSA) is 84.2 Å². The Bertz CT molecular complexity index is 1290. The van der Waals surface area contributed by atoms with Crippen molar-refractivity contribution in [1.82, 2.24) is 14.3 Å². The van der Waals surface area contributed by atoms with Crippen molar-refractivity contribution in [3.8, 4) is 11.3 Å². The van der Waals surface area contributed by atoms with Crippen molar-refractivity contribution in [1.29, 1.82) is 0 Å². The number of nitrogens with one attached hydrogen (secondary N) is 1. The predicted octanol–water partition coefficient (Wildman–Crippen LogP) is 5.29. The zero-order valence-corrected chi connectivity index (χ0v) is 22.9.